The Morgan fingerprint density at radius 1 is 1.00 bits per heavy atom. The summed E-state index contributed by atoms with van der Waals surface area (Å²) < 4.78 is 1.75. The Morgan fingerprint density at radius 2 is 1.70 bits per heavy atom. The maximum absolute atomic E-state index is 12.1. The van der Waals surface area contributed by atoms with Crippen LogP contribution in [0, 0.1) is 6.92 Å². The van der Waals surface area contributed by atoms with E-state index < -0.39 is 0 Å². The largest absolute Gasteiger partial charge is 0.324 e. The first-order valence-electron chi connectivity index (χ1n) is 7.36. The molecule has 0 saturated heterocycles. The zero-order valence-corrected chi connectivity index (χ0v) is 13.1. The summed E-state index contributed by atoms with van der Waals surface area (Å²) in [7, 11) is 1.85. The molecular formula is C18H18N4O. The summed E-state index contributed by atoms with van der Waals surface area (Å²) in [4.78, 5) is 12.1. The number of hydrogen-bond acceptors (Lipinski definition) is 2. The van der Waals surface area contributed by atoms with E-state index in [9.17, 15) is 4.79 Å². The fraction of sp³-hybridized carbons (Fsp3) is 0.111. The van der Waals surface area contributed by atoms with Gasteiger partial charge in [0.15, 0.2) is 5.82 Å². The van der Waals surface area contributed by atoms with Crippen molar-refractivity contribution in [2.45, 2.75) is 6.92 Å². The second-order valence-corrected chi connectivity index (χ2v) is 5.30. The fourth-order valence-corrected chi connectivity index (χ4v) is 2.39. The number of para-hydroxylation sites is 1. The molecule has 5 nitrogen and oxygen atoms in total. The van der Waals surface area contributed by atoms with E-state index in [2.05, 4.69) is 15.7 Å². The Balaban J connectivity index is 1.74. The van der Waals surface area contributed by atoms with Gasteiger partial charge in [0.25, 0.3) is 0 Å². The van der Waals surface area contributed by atoms with E-state index in [4.69, 9.17) is 0 Å². The number of carbonyl (C=O) groups is 1. The van der Waals surface area contributed by atoms with E-state index in [0.717, 1.165) is 22.5 Å². The minimum atomic E-state index is -0.308. The van der Waals surface area contributed by atoms with Crippen molar-refractivity contribution in [3.8, 4) is 11.3 Å². The summed E-state index contributed by atoms with van der Waals surface area (Å²) in [6.45, 7) is 1.95. The lowest BCUT2D eigenvalue weighted by molar-refractivity contribution is 0.262. The molecule has 2 N–H and O–H groups in total. The van der Waals surface area contributed by atoms with E-state index in [1.165, 1.54) is 0 Å². The normalized spacial score (nSPS) is 10.3. The van der Waals surface area contributed by atoms with Crippen LogP contribution in [0.4, 0.5) is 16.3 Å². The summed E-state index contributed by atoms with van der Waals surface area (Å²) in [5.74, 6) is 0.512. The number of aromatic nitrogens is 2. The molecular weight excluding hydrogens is 288 g/mol. The molecule has 0 aliphatic heterocycles. The molecule has 2 amide bonds. The Labute approximate surface area is 135 Å². The Hall–Kier alpha value is -3.08. The number of benzene rings is 2. The van der Waals surface area contributed by atoms with E-state index in [1.807, 2.05) is 74.6 Å². The van der Waals surface area contributed by atoms with E-state index >= 15 is 0 Å². The first-order chi connectivity index (χ1) is 11.1. The Kier molecular flexibility index (Phi) is 4.10. The van der Waals surface area contributed by atoms with Crippen molar-refractivity contribution in [2.75, 3.05) is 10.6 Å². The molecule has 0 fully saturated rings. The van der Waals surface area contributed by atoms with Crippen LogP contribution >= 0.6 is 0 Å². The molecule has 1 aromatic heterocycles. The molecule has 2 aromatic carbocycles. The number of nitrogens with one attached hydrogen (secondary N) is 2. The number of anilines is 2. The van der Waals surface area contributed by atoms with Crippen LogP contribution in [0.25, 0.3) is 11.3 Å². The monoisotopic (exact) mass is 306 g/mol. The van der Waals surface area contributed by atoms with Crippen LogP contribution in [0.2, 0.25) is 0 Å². The van der Waals surface area contributed by atoms with Crippen LogP contribution in [-0.4, -0.2) is 15.8 Å². The molecule has 23 heavy (non-hydrogen) atoms. The van der Waals surface area contributed by atoms with Crippen LogP contribution in [0.15, 0.2) is 60.7 Å². The van der Waals surface area contributed by atoms with Gasteiger partial charge in [0.2, 0.25) is 0 Å². The van der Waals surface area contributed by atoms with Gasteiger partial charge in [-0.2, -0.15) is 5.10 Å². The molecule has 0 unspecified atom stereocenters. The highest BCUT2D eigenvalue weighted by Gasteiger charge is 2.10. The van der Waals surface area contributed by atoms with Crippen molar-refractivity contribution in [3.05, 3.63) is 66.2 Å². The fourth-order valence-electron chi connectivity index (χ4n) is 2.39. The summed E-state index contributed by atoms with van der Waals surface area (Å²) >= 11 is 0. The highest BCUT2D eigenvalue weighted by molar-refractivity contribution is 5.99. The van der Waals surface area contributed by atoms with Gasteiger partial charge >= 0.3 is 6.03 Å². The second kappa shape index (κ2) is 6.36. The van der Waals surface area contributed by atoms with Gasteiger partial charge in [-0.15, -0.1) is 0 Å². The van der Waals surface area contributed by atoms with E-state index in [0.29, 0.717) is 5.82 Å². The molecule has 116 valence electrons. The summed E-state index contributed by atoms with van der Waals surface area (Å²) in [5, 5.41) is 9.93. The molecule has 0 aliphatic rings. The third-order valence-corrected chi connectivity index (χ3v) is 3.58. The maximum Gasteiger partial charge on any atom is 0.324 e. The Morgan fingerprint density at radius 3 is 2.43 bits per heavy atom. The lowest BCUT2D eigenvalue weighted by Gasteiger charge is -2.07. The number of nitrogens with zero attached hydrogens (tertiary/aromatic N) is 2. The standard InChI is InChI=1S/C18H18N4O/c1-13-8-6-7-11-15(13)19-18(23)20-17-12-16(22(2)21-17)14-9-4-3-5-10-14/h3-12H,1-2H3,(H2,19,20,21,23). The van der Waals surface area contributed by atoms with Gasteiger partial charge in [-0.3, -0.25) is 10.00 Å². The van der Waals surface area contributed by atoms with Crippen molar-refractivity contribution >= 4 is 17.5 Å². The zero-order valence-electron chi connectivity index (χ0n) is 13.1. The summed E-state index contributed by atoms with van der Waals surface area (Å²) in [6.07, 6.45) is 0. The van der Waals surface area contributed by atoms with Crippen molar-refractivity contribution in [1.29, 1.82) is 0 Å². The van der Waals surface area contributed by atoms with Gasteiger partial charge in [-0.05, 0) is 24.1 Å². The van der Waals surface area contributed by atoms with Crippen LogP contribution < -0.4 is 10.6 Å². The molecule has 0 bridgehead atoms. The van der Waals surface area contributed by atoms with Crippen molar-refractivity contribution in [3.63, 3.8) is 0 Å². The first-order valence-corrected chi connectivity index (χ1v) is 7.36. The van der Waals surface area contributed by atoms with Gasteiger partial charge in [0, 0.05) is 18.8 Å². The van der Waals surface area contributed by atoms with Crippen molar-refractivity contribution in [2.24, 2.45) is 7.05 Å². The molecule has 3 aromatic rings. The maximum atomic E-state index is 12.1. The lowest BCUT2D eigenvalue weighted by atomic mass is 10.1. The Bertz CT molecular complexity index is 824. The SMILES string of the molecule is Cc1ccccc1NC(=O)Nc1cc(-c2ccccc2)n(C)n1. The molecule has 5 heteroatoms. The number of hydrogen-bond donors (Lipinski definition) is 2. The molecule has 0 spiro atoms. The van der Waals surface area contributed by atoms with Gasteiger partial charge in [-0.25, -0.2) is 4.79 Å². The van der Waals surface area contributed by atoms with Gasteiger partial charge in [0.05, 0.1) is 5.69 Å². The minimum Gasteiger partial charge on any atom is -0.307 e. The average molecular weight is 306 g/mol. The van der Waals surface area contributed by atoms with Crippen molar-refractivity contribution in [1.82, 2.24) is 9.78 Å². The molecule has 0 saturated carbocycles. The number of rotatable bonds is 3. The first kappa shape index (κ1) is 14.8. The van der Waals surface area contributed by atoms with Crippen LogP contribution in [0.5, 0.6) is 0 Å². The van der Waals surface area contributed by atoms with Crippen molar-refractivity contribution < 1.29 is 4.79 Å². The highest BCUT2D eigenvalue weighted by Crippen LogP contribution is 2.21. The third-order valence-electron chi connectivity index (χ3n) is 3.58. The predicted octanol–water partition coefficient (Wildman–Crippen LogP) is 4.04. The van der Waals surface area contributed by atoms with Gasteiger partial charge in [0.1, 0.15) is 0 Å². The number of carbonyl (C=O) groups excluding carboxylic acids is 1. The van der Waals surface area contributed by atoms with Crippen LogP contribution in [0.3, 0.4) is 0 Å². The van der Waals surface area contributed by atoms with Gasteiger partial charge in [-0.1, -0.05) is 48.5 Å². The predicted molar refractivity (Wildman–Crippen MR) is 92.5 cm³/mol. The molecule has 3 rings (SSSR count). The average Bonchev–Trinajstić information content (AvgIpc) is 2.91. The molecule has 0 aliphatic carbocycles. The van der Waals surface area contributed by atoms with Crippen LogP contribution in [-0.2, 0) is 7.05 Å². The van der Waals surface area contributed by atoms with Gasteiger partial charge < -0.3 is 5.32 Å². The number of aryl methyl sites for hydroxylation is 2. The highest BCUT2D eigenvalue weighted by atomic mass is 16.2. The number of urea groups is 1. The number of amides is 2. The summed E-state index contributed by atoms with van der Waals surface area (Å²) in [5.41, 5.74) is 3.78. The zero-order chi connectivity index (χ0) is 16.2. The van der Waals surface area contributed by atoms with E-state index in [1.54, 1.807) is 4.68 Å². The topological polar surface area (TPSA) is 59.0 Å². The quantitative estimate of drug-likeness (QED) is 0.767. The van der Waals surface area contributed by atoms with Crippen LogP contribution in [0.1, 0.15) is 5.56 Å². The third kappa shape index (κ3) is 3.40. The minimum absolute atomic E-state index is 0.308. The second-order valence-electron chi connectivity index (χ2n) is 5.30. The molecule has 0 radical (unpaired) electrons. The summed E-state index contributed by atoms with van der Waals surface area (Å²) in [6, 6.07) is 19.1. The smallest absolute Gasteiger partial charge is 0.307 e. The lowest BCUT2D eigenvalue weighted by Crippen LogP contribution is -2.20. The molecule has 0 atom stereocenters. The molecule has 1 heterocycles. The van der Waals surface area contributed by atoms with E-state index in [-0.39, 0.29) is 6.03 Å².